The summed E-state index contributed by atoms with van der Waals surface area (Å²) < 4.78 is 2.11. The van der Waals surface area contributed by atoms with Crippen molar-refractivity contribution in [1.82, 2.24) is 14.6 Å². The van der Waals surface area contributed by atoms with Gasteiger partial charge in [0.15, 0.2) is 16.3 Å². The van der Waals surface area contributed by atoms with Crippen LogP contribution in [0, 0.1) is 4.77 Å². The third-order valence-electron chi connectivity index (χ3n) is 1.82. The van der Waals surface area contributed by atoms with Gasteiger partial charge in [0.1, 0.15) is 0 Å². The van der Waals surface area contributed by atoms with E-state index in [0.29, 0.717) is 16.0 Å². The van der Waals surface area contributed by atoms with Crippen LogP contribution >= 0.6 is 12.2 Å². The smallest absolute Gasteiger partial charge is 0.199 e. The number of hydrogen-bond donors (Lipinski definition) is 3. The van der Waals surface area contributed by atoms with Gasteiger partial charge in [-0.25, -0.2) is 0 Å². The van der Waals surface area contributed by atoms with E-state index in [-0.39, 0.29) is 5.84 Å². The number of aromatic nitrogens is 3. The maximum Gasteiger partial charge on any atom is 0.199 e. The highest BCUT2D eigenvalue weighted by Gasteiger charge is 2.02. The molecule has 0 fully saturated rings. The largest absolute Gasteiger partial charge is 0.409 e. The highest BCUT2D eigenvalue weighted by Crippen LogP contribution is 2.04. The van der Waals surface area contributed by atoms with E-state index in [2.05, 4.69) is 15.4 Å². The zero-order valence-corrected chi connectivity index (χ0v) is 7.82. The van der Waals surface area contributed by atoms with Crippen LogP contribution in [0.1, 0.15) is 5.56 Å². The first kappa shape index (κ1) is 8.70. The Kier molecular flexibility index (Phi) is 1.93. The fourth-order valence-corrected chi connectivity index (χ4v) is 1.31. The van der Waals surface area contributed by atoms with Gasteiger partial charge in [0.2, 0.25) is 0 Å². The summed E-state index contributed by atoms with van der Waals surface area (Å²) >= 11 is 4.97. The predicted molar refractivity (Wildman–Crippen MR) is 52.9 cm³/mol. The Morgan fingerprint density at radius 2 is 2.43 bits per heavy atom. The van der Waals surface area contributed by atoms with Gasteiger partial charge in [-0.15, -0.1) is 0 Å². The van der Waals surface area contributed by atoms with Gasteiger partial charge in [0.25, 0.3) is 0 Å². The van der Waals surface area contributed by atoms with Crippen LogP contribution in [0.25, 0.3) is 5.65 Å². The minimum absolute atomic E-state index is 0.0370. The fourth-order valence-electron chi connectivity index (χ4n) is 1.11. The third kappa shape index (κ3) is 1.23. The summed E-state index contributed by atoms with van der Waals surface area (Å²) in [5, 5.41) is 18.0. The summed E-state index contributed by atoms with van der Waals surface area (Å²) in [6.45, 7) is 0. The summed E-state index contributed by atoms with van der Waals surface area (Å²) in [5.74, 6) is 0.0370. The second kappa shape index (κ2) is 3.11. The average Bonchev–Trinajstić information content (AvgIpc) is 2.59. The average molecular weight is 209 g/mol. The number of fused-ring (bicyclic) bond motifs is 1. The number of nitrogens with zero attached hydrogens (tertiary/aromatic N) is 3. The van der Waals surface area contributed by atoms with E-state index < -0.39 is 0 Å². The van der Waals surface area contributed by atoms with E-state index in [1.807, 2.05) is 0 Å². The molecule has 2 rings (SSSR count). The van der Waals surface area contributed by atoms with Crippen molar-refractivity contribution in [2.75, 3.05) is 0 Å². The second-order valence-electron chi connectivity index (χ2n) is 2.66. The molecule has 72 valence electrons. The van der Waals surface area contributed by atoms with E-state index >= 15 is 0 Å². The molecule has 0 aliphatic rings. The molecule has 0 amide bonds. The molecular weight excluding hydrogens is 202 g/mol. The lowest BCUT2D eigenvalue weighted by Gasteiger charge is -1.98. The van der Waals surface area contributed by atoms with E-state index in [0.717, 1.165) is 0 Å². The Bertz CT molecular complexity index is 554. The number of pyridine rings is 1. The van der Waals surface area contributed by atoms with Gasteiger partial charge < -0.3 is 10.9 Å². The topological polar surface area (TPSA) is 91.7 Å². The van der Waals surface area contributed by atoms with Crippen molar-refractivity contribution in [3.63, 3.8) is 0 Å². The van der Waals surface area contributed by atoms with Crippen LogP contribution < -0.4 is 5.73 Å². The number of oxime groups is 1. The van der Waals surface area contributed by atoms with E-state index in [1.54, 1.807) is 22.7 Å². The van der Waals surface area contributed by atoms with Crippen LogP contribution in [-0.2, 0) is 0 Å². The lowest BCUT2D eigenvalue weighted by molar-refractivity contribution is 0.318. The first-order valence-corrected chi connectivity index (χ1v) is 4.18. The summed E-state index contributed by atoms with van der Waals surface area (Å²) in [5.41, 5.74) is 6.69. The van der Waals surface area contributed by atoms with Crippen LogP contribution in [0.2, 0.25) is 0 Å². The van der Waals surface area contributed by atoms with Gasteiger partial charge >= 0.3 is 0 Å². The van der Waals surface area contributed by atoms with E-state index in [9.17, 15) is 0 Å². The minimum atomic E-state index is 0.0370. The van der Waals surface area contributed by atoms with Crippen LogP contribution in [0.15, 0.2) is 23.5 Å². The molecule has 2 aromatic rings. The van der Waals surface area contributed by atoms with Crippen molar-refractivity contribution in [3.8, 4) is 0 Å². The van der Waals surface area contributed by atoms with Crippen molar-refractivity contribution in [2.45, 2.75) is 0 Å². The second-order valence-corrected chi connectivity index (χ2v) is 3.05. The lowest BCUT2D eigenvalue weighted by atomic mass is 10.2. The molecule has 0 aliphatic heterocycles. The SMILES string of the molecule is N/C(=N\O)c1ccc2n[nH]c(=S)n2c1. The van der Waals surface area contributed by atoms with Crippen LogP contribution in [-0.4, -0.2) is 25.6 Å². The molecule has 6 nitrogen and oxygen atoms in total. The number of hydrogen-bond acceptors (Lipinski definition) is 4. The van der Waals surface area contributed by atoms with Gasteiger partial charge in [-0.2, -0.15) is 5.10 Å². The molecule has 4 N–H and O–H groups in total. The third-order valence-corrected chi connectivity index (χ3v) is 2.10. The molecule has 2 aromatic heterocycles. The first-order chi connectivity index (χ1) is 6.72. The minimum Gasteiger partial charge on any atom is -0.409 e. The van der Waals surface area contributed by atoms with E-state index in [4.69, 9.17) is 23.2 Å². The number of H-pyrrole nitrogens is 1. The predicted octanol–water partition coefficient (Wildman–Crippen LogP) is 0.486. The molecule has 0 aliphatic carbocycles. The summed E-state index contributed by atoms with van der Waals surface area (Å²) in [6, 6.07) is 3.42. The Morgan fingerprint density at radius 1 is 1.64 bits per heavy atom. The fraction of sp³-hybridized carbons (Fsp3) is 0. The van der Waals surface area contributed by atoms with Crippen molar-refractivity contribution in [1.29, 1.82) is 0 Å². The Hall–Kier alpha value is -1.89. The number of aromatic amines is 1. The molecule has 7 heteroatoms. The number of rotatable bonds is 1. The zero-order valence-electron chi connectivity index (χ0n) is 7.01. The van der Waals surface area contributed by atoms with Crippen molar-refractivity contribution >= 4 is 23.7 Å². The molecule has 0 unspecified atom stereocenters. The standard InChI is InChI=1S/C7H7N5OS/c8-6(11-13)4-1-2-5-9-10-7(14)12(5)3-4/h1-3,13H,(H2,8,11)(H,10,14). The van der Waals surface area contributed by atoms with Crippen LogP contribution in [0.5, 0.6) is 0 Å². The zero-order chi connectivity index (χ0) is 10.1. The monoisotopic (exact) mass is 209 g/mol. The molecule has 0 bridgehead atoms. The molecule has 0 radical (unpaired) electrons. The summed E-state index contributed by atoms with van der Waals surface area (Å²) in [6.07, 6.45) is 1.65. The molecule has 0 atom stereocenters. The van der Waals surface area contributed by atoms with Crippen molar-refractivity contribution < 1.29 is 5.21 Å². The molecule has 2 heterocycles. The van der Waals surface area contributed by atoms with Crippen molar-refractivity contribution in [2.24, 2.45) is 10.9 Å². The Morgan fingerprint density at radius 3 is 3.14 bits per heavy atom. The van der Waals surface area contributed by atoms with Crippen LogP contribution in [0.4, 0.5) is 0 Å². The molecule has 0 spiro atoms. The molecule has 0 saturated carbocycles. The first-order valence-electron chi connectivity index (χ1n) is 3.77. The van der Waals surface area contributed by atoms with Gasteiger partial charge in [-0.1, -0.05) is 5.16 Å². The van der Waals surface area contributed by atoms with Gasteiger partial charge in [-0.3, -0.25) is 9.50 Å². The number of nitrogens with two attached hydrogens (primary N) is 1. The normalized spacial score (nSPS) is 12.1. The molecular formula is C7H7N5OS. The molecule has 0 aromatic carbocycles. The van der Waals surface area contributed by atoms with Gasteiger partial charge in [0, 0.05) is 11.8 Å². The highest BCUT2D eigenvalue weighted by molar-refractivity contribution is 7.71. The quantitative estimate of drug-likeness (QED) is 0.209. The van der Waals surface area contributed by atoms with Gasteiger partial charge in [-0.05, 0) is 24.4 Å². The van der Waals surface area contributed by atoms with Crippen molar-refractivity contribution in [3.05, 3.63) is 28.7 Å². The summed E-state index contributed by atoms with van der Waals surface area (Å²) in [4.78, 5) is 0. The number of nitrogens with one attached hydrogen (secondary N) is 1. The highest BCUT2D eigenvalue weighted by atomic mass is 32.1. The van der Waals surface area contributed by atoms with E-state index in [1.165, 1.54) is 0 Å². The molecule has 14 heavy (non-hydrogen) atoms. The maximum absolute atomic E-state index is 8.48. The van der Waals surface area contributed by atoms with Gasteiger partial charge in [0.05, 0.1) is 0 Å². The molecule has 0 saturated heterocycles. The van der Waals surface area contributed by atoms with Crippen LogP contribution in [0.3, 0.4) is 0 Å². The number of amidine groups is 1. The maximum atomic E-state index is 8.48. The Labute approximate surface area is 83.7 Å². The Balaban J connectivity index is 2.72. The summed E-state index contributed by atoms with van der Waals surface area (Å²) in [7, 11) is 0. The lowest BCUT2D eigenvalue weighted by Crippen LogP contribution is -2.13.